The van der Waals surface area contributed by atoms with E-state index >= 15 is 0 Å². The summed E-state index contributed by atoms with van der Waals surface area (Å²) in [5, 5.41) is 0. The summed E-state index contributed by atoms with van der Waals surface area (Å²) in [6, 6.07) is 30.1. The molecule has 3 rings (SSSR count). The van der Waals surface area contributed by atoms with E-state index in [1.165, 1.54) is 53.5 Å². The molecule has 0 aliphatic rings. The molecule has 188 valence electrons. The second-order valence-electron chi connectivity index (χ2n) is 11.8. The third kappa shape index (κ3) is 8.07. The van der Waals surface area contributed by atoms with Crippen molar-refractivity contribution in [3.8, 4) is 0 Å². The molecule has 0 saturated heterocycles. The Bertz CT molecular complexity index is 995. The maximum Gasteiger partial charge on any atom is 0.104 e. The van der Waals surface area contributed by atoms with E-state index in [9.17, 15) is 0 Å². The fourth-order valence-corrected chi connectivity index (χ4v) is 5.37. The molecular weight excluding hydrogens is 422 g/mol. The summed E-state index contributed by atoms with van der Waals surface area (Å²) in [6.45, 7) is 10.4. The van der Waals surface area contributed by atoms with Gasteiger partial charge in [0.15, 0.2) is 0 Å². The van der Waals surface area contributed by atoms with Crippen LogP contribution in [0.3, 0.4) is 0 Å². The van der Waals surface area contributed by atoms with Gasteiger partial charge in [-0.15, -0.1) is 0 Å². The van der Waals surface area contributed by atoms with Gasteiger partial charge in [-0.2, -0.15) is 0 Å². The zero-order chi connectivity index (χ0) is 25.4. The molecule has 0 amide bonds. The van der Waals surface area contributed by atoms with E-state index in [1.807, 2.05) is 0 Å². The smallest absolute Gasteiger partial charge is 0.104 e. The summed E-state index contributed by atoms with van der Waals surface area (Å²) in [5.41, 5.74) is 7.32. The molecule has 1 heteroatoms. The normalized spacial score (nSPS) is 15.4. The molecule has 0 aromatic heterocycles. The number of hydrogen-bond donors (Lipinski definition) is 0. The van der Waals surface area contributed by atoms with Gasteiger partial charge in [-0.1, -0.05) is 107 Å². The van der Waals surface area contributed by atoms with Gasteiger partial charge < -0.3 is 4.48 Å². The van der Waals surface area contributed by atoms with Crippen molar-refractivity contribution in [2.24, 2.45) is 0 Å². The topological polar surface area (TPSA) is 0 Å². The predicted molar refractivity (Wildman–Crippen MR) is 153 cm³/mol. The van der Waals surface area contributed by atoms with E-state index in [0.717, 1.165) is 11.0 Å². The fourth-order valence-electron chi connectivity index (χ4n) is 5.37. The lowest BCUT2D eigenvalue weighted by molar-refractivity contribution is -0.884. The van der Waals surface area contributed by atoms with Crippen LogP contribution in [0.25, 0.3) is 0 Å². The molecule has 3 aromatic rings. The maximum atomic E-state index is 2.41. The van der Waals surface area contributed by atoms with Crippen LogP contribution >= 0.6 is 0 Å². The van der Waals surface area contributed by atoms with Crippen LogP contribution in [0.15, 0.2) is 78.9 Å². The molecule has 0 aliphatic heterocycles. The SMILES string of the molecule is CCC(C)c1ccc(C(CC)CC(CC(C)c2ccc(C[N+](C)(C)C)cc2)c2ccccc2)cc1. The van der Waals surface area contributed by atoms with Gasteiger partial charge in [0.05, 0.1) is 21.1 Å². The number of nitrogens with zero attached hydrogens (tertiary/aromatic N) is 1. The summed E-state index contributed by atoms with van der Waals surface area (Å²) in [7, 11) is 6.76. The molecule has 3 aromatic carbocycles. The highest BCUT2D eigenvalue weighted by atomic mass is 15.3. The van der Waals surface area contributed by atoms with E-state index in [-0.39, 0.29) is 0 Å². The highest BCUT2D eigenvalue weighted by Gasteiger charge is 2.22. The number of hydrogen-bond acceptors (Lipinski definition) is 0. The minimum Gasteiger partial charge on any atom is -0.327 e. The average Bonchev–Trinajstić information content (AvgIpc) is 2.86. The van der Waals surface area contributed by atoms with E-state index in [4.69, 9.17) is 0 Å². The van der Waals surface area contributed by atoms with Gasteiger partial charge in [-0.3, -0.25) is 0 Å². The van der Waals surface area contributed by atoms with Crippen LogP contribution < -0.4 is 0 Å². The Morgan fingerprint density at radius 1 is 0.543 bits per heavy atom. The van der Waals surface area contributed by atoms with Crippen molar-refractivity contribution in [2.45, 2.75) is 83.6 Å². The van der Waals surface area contributed by atoms with Crippen molar-refractivity contribution in [2.75, 3.05) is 21.1 Å². The number of rotatable bonds is 12. The minimum atomic E-state index is 0.531. The predicted octanol–water partition coefficient (Wildman–Crippen LogP) is 9.27. The summed E-state index contributed by atoms with van der Waals surface area (Å²) < 4.78 is 0.960. The molecule has 35 heavy (non-hydrogen) atoms. The van der Waals surface area contributed by atoms with Crippen LogP contribution in [0.1, 0.15) is 105 Å². The van der Waals surface area contributed by atoms with Crippen molar-refractivity contribution in [3.63, 3.8) is 0 Å². The lowest BCUT2D eigenvalue weighted by Gasteiger charge is -2.27. The summed E-state index contributed by atoms with van der Waals surface area (Å²) in [4.78, 5) is 0. The van der Waals surface area contributed by atoms with Crippen molar-refractivity contribution in [1.82, 2.24) is 0 Å². The number of quaternary nitrogens is 1. The van der Waals surface area contributed by atoms with Crippen LogP contribution in [0.4, 0.5) is 0 Å². The van der Waals surface area contributed by atoms with Gasteiger partial charge in [0.2, 0.25) is 0 Å². The summed E-state index contributed by atoms with van der Waals surface area (Å²) in [6.07, 6.45) is 4.76. The molecule has 0 spiro atoms. The van der Waals surface area contributed by atoms with Crippen molar-refractivity contribution >= 4 is 0 Å². The Labute approximate surface area is 215 Å². The third-order valence-electron chi connectivity index (χ3n) is 7.77. The van der Waals surface area contributed by atoms with Gasteiger partial charge in [-0.05, 0) is 71.6 Å². The molecule has 1 nitrogen and oxygen atoms in total. The summed E-state index contributed by atoms with van der Waals surface area (Å²) in [5.74, 6) is 2.31. The first-order valence-electron chi connectivity index (χ1n) is 13.7. The minimum absolute atomic E-state index is 0.531. The highest BCUT2D eigenvalue weighted by Crippen LogP contribution is 2.38. The zero-order valence-electron chi connectivity index (χ0n) is 23.3. The van der Waals surface area contributed by atoms with Gasteiger partial charge in [0.1, 0.15) is 6.54 Å². The molecule has 0 radical (unpaired) electrons. The van der Waals surface area contributed by atoms with Crippen LogP contribution in [0.5, 0.6) is 0 Å². The molecule has 0 bridgehead atoms. The Balaban J connectivity index is 1.77. The lowest BCUT2D eigenvalue weighted by atomic mass is 9.78. The quantitative estimate of drug-likeness (QED) is 0.231. The van der Waals surface area contributed by atoms with E-state index < -0.39 is 0 Å². The van der Waals surface area contributed by atoms with E-state index in [2.05, 4.69) is 128 Å². The number of benzene rings is 3. The van der Waals surface area contributed by atoms with Crippen molar-refractivity contribution in [1.29, 1.82) is 0 Å². The first-order chi connectivity index (χ1) is 16.7. The molecule has 0 heterocycles. The second-order valence-corrected chi connectivity index (χ2v) is 11.8. The Morgan fingerprint density at radius 3 is 1.60 bits per heavy atom. The largest absolute Gasteiger partial charge is 0.327 e. The highest BCUT2D eigenvalue weighted by molar-refractivity contribution is 5.30. The molecule has 0 saturated carbocycles. The van der Waals surface area contributed by atoms with Gasteiger partial charge in [-0.25, -0.2) is 0 Å². The van der Waals surface area contributed by atoms with Gasteiger partial charge in [0, 0.05) is 5.56 Å². The molecule has 4 atom stereocenters. The summed E-state index contributed by atoms with van der Waals surface area (Å²) >= 11 is 0. The molecular formula is C34H48N+. The first kappa shape index (κ1) is 27.2. The monoisotopic (exact) mass is 470 g/mol. The van der Waals surface area contributed by atoms with Crippen LogP contribution in [0, 0.1) is 0 Å². The third-order valence-corrected chi connectivity index (χ3v) is 7.77. The Hall–Kier alpha value is -2.38. The average molecular weight is 471 g/mol. The van der Waals surface area contributed by atoms with Crippen molar-refractivity contribution < 1.29 is 4.48 Å². The molecule has 0 fully saturated rings. The fraction of sp³-hybridized carbons (Fsp3) is 0.471. The Morgan fingerprint density at radius 2 is 1.06 bits per heavy atom. The standard InChI is InChI=1S/C34H48N/c1-8-26(3)30-19-21-33(22-20-30)29(9-2)24-34(32-13-11-10-12-14-32)23-27(4)31-17-15-28(16-18-31)25-35(5,6)7/h10-22,26-27,29,34H,8-9,23-25H2,1-7H3/q+1. The lowest BCUT2D eigenvalue weighted by Crippen LogP contribution is -2.33. The van der Waals surface area contributed by atoms with E-state index in [0.29, 0.717) is 23.7 Å². The molecule has 4 unspecified atom stereocenters. The Kier molecular flexibility index (Phi) is 9.75. The maximum absolute atomic E-state index is 2.41. The second kappa shape index (κ2) is 12.5. The molecule has 0 N–H and O–H groups in total. The first-order valence-corrected chi connectivity index (χ1v) is 13.7. The van der Waals surface area contributed by atoms with Crippen molar-refractivity contribution in [3.05, 3.63) is 107 Å². The van der Waals surface area contributed by atoms with E-state index in [1.54, 1.807) is 0 Å². The van der Waals surface area contributed by atoms with Gasteiger partial charge >= 0.3 is 0 Å². The van der Waals surface area contributed by atoms with Crippen LogP contribution in [-0.2, 0) is 6.54 Å². The zero-order valence-corrected chi connectivity index (χ0v) is 23.3. The van der Waals surface area contributed by atoms with Crippen LogP contribution in [0.2, 0.25) is 0 Å². The molecule has 0 aliphatic carbocycles. The van der Waals surface area contributed by atoms with Gasteiger partial charge in [0.25, 0.3) is 0 Å². The van der Waals surface area contributed by atoms with Crippen LogP contribution in [-0.4, -0.2) is 25.6 Å².